The van der Waals surface area contributed by atoms with Crippen LogP contribution in [-0.2, 0) is 9.53 Å². The van der Waals surface area contributed by atoms with Gasteiger partial charge in [-0.2, -0.15) is 0 Å². The predicted molar refractivity (Wildman–Crippen MR) is 72.3 cm³/mol. The van der Waals surface area contributed by atoms with Crippen LogP contribution < -0.4 is 5.32 Å². The molecule has 0 radical (unpaired) electrons. The zero-order valence-corrected chi connectivity index (χ0v) is 11.7. The van der Waals surface area contributed by atoms with Gasteiger partial charge in [-0.05, 0) is 44.9 Å². The van der Waals surface area contributed by atoms with Gasteiger partial charge in [-0.25, -0.2) is 0 Å². The van der Waals surface area contributed by atoms with E-state index >= 15 is 0 Å². The Labute approximate surface area is 111 Å². The van der Waals surface area contributed by atoms with Gasteiger partial charge in [0.05, 0.1) is 4.92 Å². The number of methoxy groups -OCH3 is 1. The van der Waals surface area contributed by atoms with Crippen molar-refractivity contribution in [2.75, 3.05) is 12.4 Å². The standard InChI is InChI=1S/C13H18N2O4/c1-8-6-10(11(15(17)18)7-9(8)2)14-12(16)13(3,4)19-5/h6-7H,1-5H3,(H,14,16). The predicted octanol–water partition coefficient (Wildman–Crippen LogP) is 2.58. The molecule has 0 spiro atoms. The number of nitrogens with zero attached hydrogens (tertiary/aromatic N) is 1. The van der Waals surface area contributed by atoms with Crippen molar-refractivity contribution in [2.45, 2.75) is 33.3 Å². The molecule has 1 amide bonds. The van der Waals surface area contributed by atoms with Crippen LogP contribution in [0.4, 0.5) is 11.4 Å². The number of anilines is 1. The minimum absolute atomic E-state index is 0.122. The Hall–Kier alpha value is -1.95. The fourth-order valence-electron chi connectivity index (χ4n) is 1.42. The maximum Gasteiger partial charge on any atom is 0.293 e. The lowest BCUT2D eigenvalue weighted by molar-refractivity contribution is -0.384. The molecule has 1 aromatic rings. The second kappa shape index (κ2) is 5.36. The summed E-state index contributed by atoms with van der Waals surface area (Å²) in [7, 11) is 1.41. The Bertz CT molecular complexity index is 524. The van der Waals surface area contributed by atoms with Crippen LogP contribution in [0.15, 0.2) is 12.1 Å². The zero-order chi connectivity index (χ0) is 14.8. The first-order chi connectivity index (χ1) is 8.69. The van der Waals surface area contributed by atoms with E-state index in [0.717, 1.165) is 11.1 Å². The van der Waals surface area contributed by atoms with Gasteiger partial charge in [-0.15, -0.1) is 0 Å². The number of carbonyl (C=O) groups is 1. The number of aryl methyl sites for hydroxylation is 2. The highest BCUT2D eigenvalue weighted by Gasteiger charge is 2.29. The topological polar surface area (TPSA) is 81.5 Å². The summed E-state index contributed by atoms with van der Waals surface area (Å²) in [6.45, 7) is 6.80. The number of ether oxygens (including phenoxy) is 1. The molecule has 0 saturated carbocycles. The average Bonchev–Trinajstić information content (AvgIpc) is 2.32. The van der Waals surface area contributed by atoms with Gasteiger partial charge >= 0.3 is 0 Å². The fourth-order valence-corrected chi connectivity index (χ4v) is 1.42. The second-order valence-corrected chi connectivity index (χ2v) is 4.88. The molecular formula is C13H18N2O4. The number of benzene rings is 1. The molecule has 0 bridgehead atoms. The molecule has 104 valence electrons. The number of carbonyl (C=O) groups excluding carboxylic acids is 1. The molecule has 1 aromatic carbocycles. The molecule has 0 saturated heterocycles. The molecule has 0 aliphatic heterocycles. The van der Waals surface area contributed by atoms with Gasteiger partial charge in [0.25, 0.3) is 11.6 Å². The molecule has 0 aliphatic rings. The van der Waals surface area contributed by atoms with Crippen molar-refractivity contribution in [2.24, 2.45) is 0 Å². The van der Waals surface area contributed by atoms with E-state index in [2.05, 4.69) is 5.32 Å². The average molecular weight is 266 g/mol. The smallest absolute Gasteiger partial charge is 0.293 e. The second-order valence-electron chi connectivity index (χ2n) is 4.88. The Morgan fingerprint density at radius 1 is 1.32 bits per heavy atom. The van der Waals surface area contributed by atoms with Gasteiger partial charge in [-0.1, -0.05) is 0 Å². The summed E-state index contributed by atoms with van der Waals surface area (Å²) in [6.07, 6.45) is 0. The highest BCUT2D eigenvalue weighted by atomic mass is 16.6. The lowest BCUT2D eigenvalue weighted by atomic mass is 10.1. The first kappa shape index (κ1) is 15.1. The van der Waals surface area contributed by atoms with Crippen LogP contribution in [0.1, 0.15) is 25.0 Å². The van der Waals surface area contributed by atoms with Gasteiger partial charge in [0.15, 0.2) is 0 Å². The van der Waals surface area contributed by atoms with Crippen LogP contribution in [0.5, 0.6) is 0 Å². The zero-order valence-electron chi connectivity index (χ0n) is 11.7. The molecule has 1 N–H and O–H groups in total. The van der Waals surface area contributed by atoms with Crippen molar-refractivity contribution in [1.29, 1.82) is 0 Å². The number of nitro groups is 1. The fraction of sp³-hybridized carbons (Fsp3) is 0.462. The maximum atomic E-state index is 12.0. The van der Waals surface area contributed by atoms with Crippen molar-refractivity contribution in [1.82, 2.24) is 0 Å². The Morgan fingerprint density at radius 3 is 2.32 bits per heavy atom. The molecule has 0 aliphatic carbocycles. The monoisotopic (exact) mass is 266 g/mol. The largest absolute Gasteiger partial charge is 0.369 e. The molecular weight excluding hydrogens is 248 g/mol. The van der Waals surface area contributed by atoms with Crippen LogP contribution >= 0.6 is 0 Å². The third kappa shape index (κ3) is 3.29. The van der Waals surface area contributed by atoms with Crippen LogP contribution in [0.25, 0.3) is 0 Å². The van der Waals surface area contributed by atoms with Gasteiger partial charge in [0.1, 0.15) is 11.3 Å². The number of nitrogens with one attached hydrogen (secondary N) is 1. The summed E-state index contributed by atoms with van der Waals surface area (Å²) in [5.41, 5.74) is 0.686. The highest BCUT2D eigenvalue weighted by molar-refractivity contribution is 5.98. The summed E-state index contributed by atoms with van der Waals surface area (Å²) < 4.78 is 5.04. The van der Waals surface area contributed by atoms with Gasteiger partial charge in [0, 0.05) is 13.2 Å². The summed E-state index contributed by atoms with van der Waals surface area (Å²) in [4.78, 5) is 22.5. The normalized spacial score (nSPS) is 11.2. The van der Waals surface area contributed by atoms with Gasteiger partial charge in [-0.3, -0.25) is 14.9 Å². The van der Waals surface area contributed by atoms with Crippen LogP contribution in [-0.4, -0.2) is 23.5 Å². The van der Waals surface area contributed by atoms with E-state index in [1.807, 2.05) is 6.92 Å². The number of amides is 1. The third-order valence-corrected chi connectivity index (χ3v) is 3.11. The summed E-state index contributed by atoms with van der Waals surface area (Å²) in [5.74, 6) is -0.429. The molecule has 0 aromatic heterocycles. The minimum atomic E-state index is -1.05. The Kier molecular flexibility index (Phi) is 4.26. The molecule has 0 unspecified atom stereocenters. The quantitative estimate of drug-likeness (QED) is 0.670. The third-order valence-electron chi connectivity index (χ3n) is 3.11. The lowest BCUT2D eigenvalue weighted by Gasteiger charge is -2.21. The summed E-state index contributed by atoms with van der Waals surface area (Å²) in [6, 6.07) is 3.04. The van der Waals surface area contributed by atoms with Crippen molar-refractivity contribution in [3.63, 3.8) is 0 Å². The first-order valence-electron chi connectivity index (χ1n) is 5.81. The maximum absolute atomic E-state index is 12.0. The number of hydrogen-bond acceptors (Lipinski definition) is 4. The number of nitro benzene ring substituents is 1. The van der Waals surface area contributed by atoms with Crippen LogP contribution in [0, 0.1) is 24.0 Å². The molecule has 0 fully saturated rings. The molecule has 6 heteroatoms. The van der Waals surface area contributed by atoms with Gasteiger partial charge < -0.3 is 10.1 Å². The van der Waals surface area contributed by atoms with Crippen molar-refractivity contribution >= 4 is 17.3 Å². The van der Waals surface area contributed by atoms with E-state index in [9.17, 15) is 14.9 Å². The summed E-state index contributed by atoms with van der Waals surface area (Å²) >= 11 is 0. The highest BCUT2D eigenvalue weighted by Crippen LogP contribution is 2.28. The number of hydrogen-bond donors (Lipinski definition) is 1. The molecule has 1 rings (SSSR count). The molecule has 0 heterocycles. The molecule has 19 heavy (non-hydrogen) atoms. The minimum Gasteiger partial charge on any atom is -0.369 e. The van der Waals surface area contributed by atoms with E-state index in [-0.39, 0.29) is 11.4 Å². The van der Waals surface area contributed by atoms with Crippen molar-refractivity contribution < 1.29 is 14.5 Å². The van der Waals surface area contributed by atoms with Crippen molar-refractivity contribution in [3.8, 4) is 0 Å². The molecule has 6 nitrogen and oxygen atoms in total. The van der Waals surface area contributed by atoms with Gasteiger partial charge in [0.2, 0.25) is 0 Å². The van der Waals surface area contributed by atoms with E-state index in [1.165, 1.54) is 13.2 Å². The van der Waals surface area contributed by atoms with E-state index in [1.54, 1.807) is 26.8 Å². The van der Waals surface area contributed by atoms with E-state index in [4.69, 9.17) is 4.74 Å². The lowest BCUT2D eigenvalue weighted by Crippen LogP contribution is -2.39. The van der Waals surface area contributed by atoms with Crippen LogP contribution in [0.3, 0.4) is 0 Å². The first-order valence-corrected chi connectivity index (χ1v) is 5.81. The Balaban J connectivity index is 3.17. The van der Waals surface area contributed by atoms with E-state index < -0.39 is 16.4 Å². The van der Waals surface area contributed by atoms with E-state index in [0.29, 0.717) is 0 Å². The van der Waals surface area contributed by atoms with Crippen LogP contribution in [0.2, 0.25) is 0 Å². The SMILES string of the molecule is COC(C)(C)C(=O)Nc1cc(C)c(C)cc1[N+](=O)[O-]. The molecule has 0 atom stereocenters. The van der Waals surface area contributed by atoms with Crippen molar-refractivity contribution in [3.05, 3.63) is 33.4 Å². The number of rotatable bonds is 4. The Morgan fingerprint density at radius 2 is 1.84 bits per heavy atom. The summed E-state index contributed by atoms with van der Waals surface area (Å²) in [5, 5.41) is 13.6.